The number of aromatic nitrogens is 2. The number of thioether (sulfide) groups is 1. The van der Waals surface area contributed by atoms with E-state index in [0.29, 0.717) is 18.1 Å². The van der Waals surface area contributed by atoms with Crippen LogP contribution in [-0.4, -0.2) is 44.3 Å². The Morgan fingerprint density at radius 2 is 2.12 bits per heavy atom. The topological polar surface area (TPSA) is 69.2 Å². The number of imidazole rings is 1. The molecule has 0 saturated carbocycles. The number of aromatic amines is 1. The van der Waals surface area contributed by atoms with E-state index in [0.717, 1.165) is 22.8 Å². The third-order valence-corrected chi connectivity index (χ3v) is 5.01. The zero-order valence-electron chi connectivity index (χ0n) is 13.8. The summed E-state index contributed by atoms with van der Waals surface area (Å²) in [7, 11) is 0. The molecule has 0 aliphatic carbocycles. The Bertz CT molecular complexity index is 660. The lowest BCUT2D eigenvalue weighted by atomic mass is 10.2. The van der Waals surface area contributed by atoms with Gasteiger partial charge < -0.3 is 15.0 Å². The summed E-state index contributed by atoms with van der Waals surface area (Å²) in [6.45, 7) is 4.43. The first-order valence-corrected chi connectivity index (χ1v) is 9.18. The molecule has 0 bridgehead atoms. The van der Waals surface area contributed by atoms with E-state index >= 15 is 0 Å². The molecule has 0 radical (unpaired) electrons. The number of hydrogen-bond acceptors (Lipinski definition) is 4. The van der Waals surface area contributed by atoms with Gasteiger partial charge in [-0.2, -0.15) is 0 Å². The van der Waals surface area contributed by atoms with Crippen LogP contribution in [0.25, 0.3) is 0 Å². The maximum atomic E-state index is 12.7. The van der Waals surface area contributed by atoms with Crippen LogP contribution in [0.4, 0.5) is 0 Å². The molecular weight excluding hydrogens is 346 g/mol. The number of carbonyl (C=O) groups is 1. The van der Waals surface area contributed by atoms with Gasteiger partial charge in [0.25, 0.3) is 0 Å². The first kappa shape index (κ1) is 18.8. The summed E-state index contributed by atoms with van der Waals surface area (Å²) in [5, 5.41) is 9.75. The second-order valence-corrected chi connectivity index (χ2v) is 7.32. The normalized spacial score (nSPS) is 12.2. The molecule has 7 heteroatoms. The number of halogens is 1. The Balaban J connectivity index is 1.93. The minimum absolute atomic E-state index is 0.00951. The lowest BCUT2D eigenvalue weighted by Gasteiger charge is -2.24. The maximum absolute atomic E-state index is 12.7. The number of amides is 1. The van der Waals surface area contributed by atoms with E-state index in [4.69, 9.17) is 11.6 Å². The highest BCUT2D eigenvalue weighted by molar-refractivity contribution is 7.99. The number of rotatable bonds is 8. The molecule has 0 aliphatic heterocycles. The van der Waals surface area contributed by atoms with E-state index in [1.165, 1.54) is 0 Å². The molecule has 1 aromatic heterocycles. The third-order valence-electron chi connectivity index (χ3n) is 3.56. The summed E-state index contributed by atoms with van der Waals surface area (Å²) >= 11 is 7.45. The Labute approximate surface area is 151 Å². The number of nitrogens with one attached hydrogen (secondary N) is 1. The van der Waals surface area contributed by atoms with Gasteiger partial charge in [0.15, 0.2) is 0 Å². The number of aliphatic hydroxyl groups is 1. The second kappa shape index (κ2) is 9.11. The fourth-order valence-corrected chi connectivity index (χ4v) is 3.33. The van der Waals surface area contributed by atoms with E-state index < -0.39 is 0 Å². The maximum Gasteiger partial charge on any atom is 0.235 e. The van der Waals surface area contributed by atoms with Crippen LogP contribution in [0.3, 0.4) is 0 Å². The first-order valence-electron chi connectivity index (χ1n) is 7.75. The number of H-pyrrole nitrogens is 1. The van der Waals surface area contributed by atoms with E-state index in [9.17, 15) is 9.90 Å². The predicted molar refractivity (Wildman–Crippen MR) is 98.0 cm³/mol. The Kier molecular flexibility index (Phi) is 7.15. The van der Waals surface area contributed by atoms with E-state index in [2.05, 4.69) is 9.97 Å². The molecule has 5 nitrogen and oxygen atoms in total. The van der Waals surface area contributed by atoms with Crippen LogP contribution in [0.5, 0.6) is 0 Å². The third kappa shape index (κ3) is 5.54. The Hall–Kier alpha value is -1.50. The molecule has 130 valence electrons. The van der Waals surface area contributed by atoms with Crippen molar-refractivity contribution in [3.8, 4) is 0 Å². The predicted octanol–water partition coefficient (Wildman–Crippen LogP) is 3.01. The SMILES string of the molecule is Cc1ncc(CN(CCO)C(=O)C(C)SCc2ccc(Cl)cc2)[nH]1. The van der Waals surface area contributed by atoms with Gasteiger partial charge >= 0.3 is 0 Å². The van der Waals surface area contributed by atoms with Crippen molar-refractivity contribution < 1.29 is 9.90 Å². The van der Waals surface area contributed by atoms with Gasteiger partial charge in [0.05, 0.1) is 30.3 Å². The smallest absolute Gasteiger partial charge is 0.235 e. The number of benzene rings is 1. The van der Waals surface area contributed by atoms with Crippen LogP contribution >= 0.6 is 23.4 Å². The van der Waals surface area contributed by atoms with Crippen LogP contribution in [-0.2, 0) is 17.1 Å². The molecule has 2 N–H and O–H groups in total. The van der Waals surface area contributed by atoms with Gasteiger partial charge in [0.1, 0.15) is 5.82 Å². The van der Waals surface area contributed by atoms with E-state index in [1.54, 1.807) is 22.9 Å². The van der Waals surface area contributed by atoms with Crippen molar-refractivity contribution in [1.29, 1.82) is 0 Å². The molecule has 1 aromatic carbocycles. The first-order chi connectivity index (χ1) is 11.5. The Morgan fingerprint density at radius 1 is 1.42 bits per heavy atom. The van der Waals surface area contributed by atoms with Crippen LogP contribution in [0.15, 0.2) is 30.5 Å². The standard InChI is InChI=1S/C17H22ClN3O2S/c1-12(24-11-14-3-5-15(18)6-4-14)17(23)21(7-8-22)10-16-9-19-13(2)20-16/h3-6,9,12,22H,7-8,10-11H2,1-2H3,(H,19,20). The van der Waals surface area contributed by atoms with Crippen molar-refractivity contribution in [1.82, 2.24) is 14.9 Å². The van der Waals surface area contributed by atoms with Crippen molar-refractivity contribution in [2.45, 2.75) is 31.4 Å². The zero-order valence-corrected chi connectivity index (χ0v) is 15.4. The molecule has 24 heavy (non-hydrogen) atoms. The highest BCUT2D eigenvalue weighted by Crippen LogP contribution is 2.21. The van der Waals surface area contributed by atoms with E-state index in [-0.39, 0.29) is 17.8 Å². The molecule has 0 saturated heterocycles. The van der Waals surface area contributed by atoms with E-state index in [1.807, 2.05) is 38.1 Å². The number of aliphatic hydroxyl groups excluding tert-OH is 1. The largest absolute Gasteiger partial charge is 0.395 e. The number of carbonyl (C=O) groups excluding carboxylic acids is 1. The lowest BCUT2D eigenvalue weighted by Crippen LogP contribution is -2.38. The summed E-state index contributed by atoms with van der Waals surface area (Å²) in [4.78, 5) is 21.6. The van der Waals surface area contributed by atoms with Gasteiger partial charge in [-0.1, -0.05) is 23.7 Å². The number of aryl methyl sites for hydroxylation is 1. The average Bonchev–Trinajstić information content (AvgIpc) is 2.98. The molecule has 1 amide bonds. The summed E-state index contributed by atoms with van der Waals surface area (Å²) in [6.07, 6.45) is 1.72. The summed E-state index contributed by atoms with van der Waals surface area (Å²) in [6, 6.07) is 7.63. The van der Waals surface area contributed by atoms with Crippen LogP contribution in [0.2, 0.25) is 5.02 Å². The fraction of sp³-hybridized carbons (Fsp3) is 0.412. The lowest BCUT2D eigenvalue weighted by molar-refractivity contribution is -0.131. The van der Waals surface area contributed by atoms with Gasteiger partial charge in [0.2, 0.25) is 5.91 Å². The molecular formula is C17H22ClN3O2S. The second-order valence-electron chi connectivity index (χ2n) is 5.56. The van der Waals surface area contributed by atoms with Crippen molar-refractivity contribution >= 4 is 29.3 Å². The van der Waals surface area contributed by atoms with Gasteiger partial charge in [-0.3, -0.25) is 4.79 Å². The molecule has 2 aromatic rings. The molecule has 1 unspecified atom stereocenters. The number of nitrogens with zero attached hydrogens (tertiary/aromatic N) is 2. The minimum Gasteiger partial charge on any atom is -0.395 e. The molecule has 0 spiro atoms. The number of hydrogen-bond donors (Lipinski definition) is 2. The summed E-state index contributed by atoms with van der Waals surface area (Å²) in [5.74, 6) is 1.56. The molecule has 2 rings (SSSR count). The molecule has 1 heterocycles. The van der Waals surface area contributed by atoms with Crippen molar-refractivity contribution in [3.05, 3.63) is 52.6 Å². The molecule has 0 fully saturated rings. The highest BCUT2D eigenvalue weighted by Gasteiger charge is 2.21. The van der Waals surface area contributed by atoms with Crippen molar-refractivity contribution in [3.63, 3.8) is 0 Å². The Morgan fingerprint density at radius 3 is 2.71 bits per heavy atom. The minimum atomic E-state index is -0.198. The summed E-state index contributed by atoms with van der Waals surface area (Å²) < 4.78 is 0. The van der Waals surface area contributed by atoms with Crippen LogP contribution < -0.4 is 0 Å². The fourth-order valence-electron chi connectivity index (χ4n) is 2.28. The van der Waals surface area contributed by atoms with Crippen LogP contribution in [0, 0.1) is 6.92 Å². The summed E-state index contributed by atoms with van der Waals surface area (Å²) in [5.41, 5.74) is 1.99. The quantitative estimate of drug-likeness (QED) is 0.752. The van der Waals surface area contributed by atoms with Gasteiger partial charge in [-0.15, -0.1) is 11.8 Å². The van der Waals surface area contributed by atoms with Crippen molar-refractivity contribution in [2.75, 3.05) is 13.2 Å². The average molecular weight is 368 g/mol. The van der Waals surface area contributed by atoms with Gasteiger partial charge in [-0.05, 0) is 31.5 Å². The molecule has 1 atom stereocenters. The van der Waals surface area contributed by atoms with Crippen molar-refractivity contribution in [2.24, 2.45) is 0 Å². The monoisotopic (exact) mass is 367 g/mol. The molecule has 0 aliphatic rings. The van der Waals surface area contributed by atoms with Gasteiger partial charge in [-0.25, -0.2) is 4.98 Å². The highest BCUT2D eigenvalue weighted by atomic mass is 35.5. The van der Waals surface area contributed by atoms with Gasteiger partial charge in [0, 0.05) is 17.3 Å². The zero-order chi connectivity index (χ0) is 17.5. The van der Waals surface area contributed by atoms with Crippen LogP contribution in [0.1, 0.15) is 24.0 Å².